The Morgan fingerprint density at radius 3 is 2.90 bits per heavy atom. The molecule has 10 heavy (non-hydrogen) atoms. The third kappa shape index (κ3) is 2.12. The van der Waals surface area contributed by atoms with Gasteiger partial charge in [0.15, 0.2) is 6.29 Å². The van der Waals surface area contributed by atoms with Gasteiger partial charge in [-0.1, -0.05) is 6.08 Å². The van der Waals surface area contributed by atoms with Gasteiger partial charge in [-0.25, -0.2) is 0 Å². The topological polar surface area (TPSA) is 18.5 Å². The van der Waals surface area contributed by atoms with E-state index >= 15 is 0 Å². The smallest absolute Gasteiger partial charge is 0.177 e. The Morgan fingerprint density at radius 1 is 1.50 bits per heavy atom. The summed E-state index contributed by atoms with van der Waals surface area (Å²) in [7, 11) is 0. The second-order valence-electron chi connectivity index (χ2n) is 2.50. The number of rotatable bonds is 1. The first-order valence-corrected chi connectivity index (χ1v) is 3.73. The van der Waals surface area contributed by atoms with Gasteiger partial charge in [0.1, 0.15) is 0 Å². The van der Waals surface area contributed by atoms with Gasteiger partial charge in [0.05, 0.1) is 12.7 Å². The monoisotopic (exact) mass is 142 g/mol. The van der Waals surface area contributed by atoms with Gasteiger partial charge in [-0.15, -0.1) is 0 Å². The van der Waals surface area contributed by atoms with Crippen molar-refractivity contribution in [2.75, 3.05) is 6.61 Å². The predicted molar refractivity (Wildman–Crippen MR) is 39.7 cm³/mol. The van der Waals surface area contributed by atoms with E-state index in [-0.39, 0.29) is 6.29 Å². The lowest BCUT2D eigenvalue weighted by Crippen LogP contribution is -2.28. The van der Waals surface area contributed by atoms with Crippen molar-refractivity contribution < 1.29 is 9.47 Å². The minimum atomic E-state index is -0.103. The van der Waals surface area contributed by atoms with E-state index < -0.39 is 0 Å². The first kappa shape index (κ1) is 7.76. The summed E-state index contributed by atoms with van der Waals surface area (Å²) < 4.78 is 10.7. The van der Waals surface area contributed by atoms with Crippen LogP contribution in [0.5, 0.6) is 0 Å². The minimum Gasteiger partial charge on any atom is -0.349 e. The van der Waals surface area contributed by atoms with E-state index in [1.807, 2.05) is 19.1 Å². The average Bonchev–Trinajstić information content (AvgIpc) is 1.88. The molecule has 2 nitrogen and oxygen atoms in total. The largest absolute Gasteiger partial charge is 0.349 e. The highest BCUT2D eigenvalue weighted by atomic mass is 16.7. The summed E-state index contributed by atoms with van der Waals surface area (Å²) in [6, 6.07) is 0. The summed E-state index contributed by atoms with van der Waals surface area (Å²) in [5.74, 6) is 0. The second kappa shape index (κ2) is 3.74. The molecular weight excluding hydrogens is 128 g/mol. The van der Waals surface area contributed by atoms with E-state index in [1.54, 1.807) is 0 Å². The highest BCUT2D eigenvalue weighted by molar-refractivity contribution is 4.83. The van der Waals surface area contributed by atoms with E-state index in [0.29, 0.717) is 6.10 Å². The van der Waals surface area contributed by atoms with Crippen LogP contribution in [0.2, 0.25) is 0 Å². The Bertz CT molecular complexity index is 120. The molecule has 0 aromatic carbocycles. The normalized spacial score (nSPS) is 35.0. The van der Waals surface area contributed by atoms with Crippen LogP contribution in [0, 0.1) is 0 Å². The van der Waals surface area contributed by atoms with Crippen LogP contribution in [-0.2, 0) is 9.47 Å². The molecule has 1 aliphatic heterocycles. The summed E-state index contributed by atoms with van der Waals surface area (Å²) in [6.45, 7) is 4.85. The van der Waals surface area contributed by atoms with Crippen LogP contribution in [0.4, 0.5) is 0 Å². The van der Waals surface area contributed by atoms with Crippen molar-refractivity contribution in [2.45, 2.75) is 32.7 Å². The molecular formula is C8H14O2. The first-order chi connectivity index (χ1) is 4.83. The highest BCUT2D eigenvalue weighted by Crippen LogP contribution is 2.12. The van der Waals surface area contributed by atoms with Crippen LogP contribution in [0.15, 0.2) is 12.2 Å². The van der Waals surface area contributed by atoms with Crippen LogP contribution in [-0.4, -0.2) is 19.0 Å². The van der Waals surface area contributed by atoms with Gasteiger partial charge in [-0.3, -0.25) is 0 Å². The van der Waals surface area contributed by atoms with E-state index in [9.17, 15) is 0 Å². The molecule has 1 rings (SSSR count). The number of hydrogen-bond acceptors (Lipinski definition) is 2. The van der Waals surface area contributed by atoms with Crippen molar-refractivity contribution in [1.82, 2.24) is 0 Å². The van der Waals surface area contributed by atoms with Gasteiger partial charge in [0.25, 0.3) is 0 Å². The molecule has 0 bridgehead atoms. The molecule has 0 radical (unpaired) electrons. The number of hydrogen-bond donors (Lipinski definition) is 0. The van der Waals surface area contributed by atoms with Crippen LogP contribution in [0.1, 0.15) is 20.3 Å². The summed E-state index contributed by atoms with van der Waals surface area (Å²) >= 11 is 0. The Kier molecular flexibility index (Phi) is 2.90. The molecule has 0 unspecified atom stereocenters. The Balaban J connectivity index is 2.32. The van der Waals surface area contributed by atoms with Gasteiger partial charge in [0, 0.05) is 0 Å². The van der Waals surface area contributed by atoms with E-state index in [1.165, 1.54) is 0 Å². The second-order valence-corrected chi connectivity index (χ2v) is 2.50. The average molecular weight is 142 g/mol. The molecule has 0 aliphatic carbocycles. The van der Waals surface area contributed by atoms with Crippen molar-refractivity contribution in [1.29, 1.82) is 0 Å². The van der Waals surface area contributed by atoms with Gasteiger partial charge in [-0.05, 0) is 26.3 Å². The SMILES string of the molecule is C/C=C\[C@@H]1OCC[C@H](C)O1. The zero-order valence-electron chi connectivity index (χ0n) is 6.54. The molecule has 0 aromatic rings. The van der Waals surface area contributed by atoms with Crippen molar-refractivity contribution in [3.05, 3.63) is 12.2 Å². The maximum atomic E-state index is 5.42. The van der Waals surface area contributed by atoms with Crippen molar-refractivity contribution in [2.24, 2.45) is 0 Å². The molecule has 1 heterocycles. The first-order valence-electron chi connectivity index (χ1n) is 3.73. The summed E-state index contributed by atoms with van der Waals surface area (Å²) in [6.07, 6.45) is 5.12. The maximum absolute atomic E-state index is 5.42. The summed E-state index contributed by atoms with van der Waals surface area (Å²) in [5.41, 5.74) is 0. The fourth-order valence-electron chi connectivity index (χ4n) is 0.944. The molecule has 0 aromatic heterocycles. The lowest BCUT2D eigenvalue weighted by molar-refractivity contribution is -0.181. The van der Waals surface area contributed by atoms with Gasteiger partial charge in [-0.2, -0.15) is 0 Å². The standard InChI is InChI=1S/C8H14O2/c1-3-4-8-9-6-5-7(2)10-8/h3-4,7-8H,5-6H2,1-2H3/b4-3-/t7-,8+/m0/s1. The third-order valence-corrected chi connectivity index (χ3v) is 1.52. The molecule has 0 spiro atoms. The minimum absolute atomic E-state index is 0.103. The fourth-order valence-corrected chi connectivity index (χ4v) is 0.944. The predicted octanol–water partition coefficient (Wildman–Crippen LogP) is 1.71. The maximum Gasteiger partial charge on any atom is 0.177 e. The van der Waals surface area contributed by atoms with E-state index in [4.69, 9.17) is 9.47 Å². The van der Waals surface area contributed by atoms with E-state index in [0.717, 1.165) is 13.0 Å². The number of allylic oxidation sites excluding steroid dienone is 1. The van der Waals surface area contributed by atoms with Crippen LogP contribution in [0.25, 0.3) is 0 Å². The zero-order valence-corrected chi connectivity index (χ0v) is 6.54. The summed E-state index contributed by atoms with van der Waals surface area (Å²) in [4.78, 5) is 0. The van der Waals surface area contributed by atoms with Crippen molar-refractivity contribution >= 4 is 0 Å². The molecule has 1 aliphatic rings. The Morgan fingerprint density at radius 2 is 2.30 bits per heavy atom. The third-order valence-electron chi connectivity index (χ3n) is 1.52. The molecule has 2 heteroatoms. The quantitative estimate of drug-likeness (QED) is 0.519. The fraction of sp³-hybridized carbons (Fsp3) is 0.750. The molecule has 0 N–H and O–H groups in total. The number of ether oxygens (including phenoxy) is 2. The van der Waals surface area contributed by atoms with Gasteiger partial charge < -0.3 is 9.47 Å². The lowest BCUT2D eigenvalue weighted by atomic mass is 10.3. The van der Waals surface area contributed by atoms with Crippen LogP contribution in [0.3, 0.4) is 0 Å². The molecule has 0 amide bonds. The summed E-state index contributed by atoms with van der Waals surface area (Å²) in [5, 5.41) is 0. The van der Waals surface area contributed by atoms with Crippen molar-refractivity contribution in [3.63, 3.8) is 0 Å². The molecule has 1 fully saturated rings. The molecule has 58 valence electrons. The van der Waals surface area contributed by atoms with Crippen LogP contribution >= 0.6 is 0 Å². The Hall–Kier alpha value is -0.340. The van der Waals surface area contributed by atoms with Crippen molar-refractivity contribution in [3.8, 4) is 0 Å². The van der Waals surface area contributed by atoms with Crippen LogP contribution < -0.4 is 0 Å². The zero-order chi connectivity index (χ0) is 7.40. The molecule has 2 atom stereocenters. The lowest BCUT2D eigenvalue weighted by Gasteiger charge is -2.25. The van der Waals surface area contributed by atoms with Gasteiger partial charge in [0.2, 0.25) is 0 Å². The van der Waals surface area contributed by atoms with E-state index in [2.05, 4.69) is 6.92 Å². The Labute approximate surface area is 61.8 Å². The van der Waals surface area contributed by atoms with Gasteiger partial charge >= 0.3 is 0 Å². The highest BCUT2D eigenvalue weighted by Gasteiger charge is 2.15. The molecule has 1 saturated heterocycles. The molecule has 0 saturated carbocycles.